The lowest BCUT2D eigenvalue weighted by atomic mass is 9.85. The van der Waals surface area contributed by atoms with E-state index in [1.807, 2.05) is 12.1 Å². The monoisotopic (exact) mass is 525 g/mol. The average molecular weight is 526 g/mol. The van der Waals surface area contributed by atoms with Gasteiger partial charge in [-0.2, -0.15) is 0 Å². The summed E-state index contributed by atoms with van der Waals surface area (Å²) in [7, 11) is 0. The van der Waals surface area contributed by atoms with E-state index in [2.05, 4.69) is 0 Å². The van der Waals surface area contributed by atoms with Gasteiger partial charge in [-0.15, -0.1) is 0 Å². The van der Waals surface area contributed by atoms with E-state index in [-0.39, 0.29) is 43.8 Å². The van der Waals surface area contributed by atoms with Crippen LogP contribution >= 0.6 is 0 Å². The zero-order valence-corrected chi connectivity index (χ0v) is 20.4. The molecule has 9 aromatic rings. The van der Waals surface area contributed by atoms with Crippen LogP contribution in [0.1, 0.15) is 20.6 Å². The summed E-state index contributed by atoms with van der Waals surface area (Å²) in [5.74, 6) is 0. The van der Waals surface area contributed by atoms with Gasteiger partial charge in [0, 0.05) is 27.3 Å². The van der Waals surface area contributed by atoms with Crippen LogP contribution in [0.5, 0.6) is 0 Å². The van der Waals surface area contributed by atoms with Crippen molar-refractivity contribution in [3.63, 3.8) is 0 Å². The van der Waals surface area contributed by atoms with Gasteiger partial charge in [-0.25, -0.2) is 0 Å². The maximum atomic E-state index is 9.39. The second-order valence-electron chi connectivity index (χ2n) is 9.32. The first kappa shape index (κ1) is 11.8. The smallest absolute Gasteiger partial charge is 0.178 e. The number of fused-ring (bicyclic) bond motifs is 8. The molecule has 40 heavy (non-hydrogen) atoms. The van der Waals surface area contributed by atoms with Crippen LogP contribution in [0.2, 0.25) is 0 Å². The fourth-order valence-corrected chi connectivity index (χ4v) is 5.53. The number of benzene rings is 7. The molecule has 0 aliphatic carbocycles. The SMILES string of the molecule is [2H]c1c([2H])c([2H])c2c([2H])c(-c3c4c([2H])c([2H])c([2H])c([2H])c4c(-c4cccc5c4oc4c5ccc5ccoc54)c4c([2H])c([2H])c([2H])c([2H])c34)c([2H])c([2H])c2c1[2H]. The van der Waals surface area contributed by atoms with Gasteiger partial charge in [-0.3, -0.25) is 0 Å². The third-order valence-corrected chi connectivity index (χ3v) is 7.23. The quantitative estimate of drug-likeness (QED) is 0.210. The largest absolute Gasteiger partial charge is 0.460 e. The van der Waals surface area contributed by atoms with Gasteiger partial charge in [0.1, 0.15) is 5.58 Å². The lowest BCUT2D eigenvalue weighted by Gasteiger charge is -2.18. The van der Waals surface area contributed by atoms with Gasteiger partial charge < -0.3 is 8.83 Å². The second-order valence-corrected chi connectivity index (χ2v) is 9.32. The highest BCUT2D eigenvalue weighted by Gasteiger charge is 2.21. The average Bonchev–Trinajstić information content (AvgIpc) is 3.82. The van der Waals surface area contributed by atoms with E-state index >= 15 is 0 Å². The van der Waals surface area contributed by atoms with E-state index in [0.717, 1.165) is 5.39 Å². The Morgan fingerprint density at radius 2 is 1.15 bits per heavy atom. The van der Waals surface area contributed by atoms with Crippen LogP contribution in [0.15, 0.2) is 142 Å². The zero-order chi connectivity index (χ0) is 39.3. The predicted octanol–water partition coefficient (Wildman–Crippen LogP) is 11.1. The summed E-state index contributed by atoms with van der Waals surface area (Å²) < 4.78 is 146. The van der Waals surface area contributed by atoms with Crippen LogP contribution < -0.4 is 0 Å². The number of furan rings is 2. The van der Waals surface area contributed by atoms with Gasteiger partial charge in [0.25, 0.3) is 0 Å². The van der Waals surface area contributed by atoms with Crippen molar-refractivity contribution in [1.29, 1.82) is 0 Å². The van der Waals surface area contributed by atoms with Gasteiger partial charge in [0.2, 0.25) is 0 Å². The molecule has 7 aromatic carbocycles. The first-order valence-electron chi connectivity index (χ1n) is 19.9. The maximum Gasteiger partial charge on any atom is 0.178 e. The highest BCUT2D eigenvalue weighted by Crippen LogP contribution is 2.47. The molecule has 9 rings (SSSR count). The number of hydrogen-bond donors (Lipinski definition) is 0. The molecule has 0 bridgehead atoms. The summed E-state index contributed by atoms with van der Waals surface area (Å²) in [6.45, 7) is 0. The molecule has 0 aliphatic heterocycles. The number of para-hydroxylation sites is 1. The standard InChI is InChI=1S/C38H22O2/c1-2-9-25-22-26(17-16-23(25)8-1)34-27-10-3-5-12-29(27)35(30-13-6-4-11-28(30)34)33-15-7-14-31-32-19-18-24-20-21-39-36(24)38(32)40-37(31)33/h1-22H/i1D,2D,3D,4D,5D,6D,8D,9D,10D,11D,12D,13D,16D,17D,22D. The molecule has 2 nitrogen and oxygen atoms in total. The van der Waals surface area contributed by atoms with Crippen molar-refractivity contribution >= 4 is 65.2 Å². The fraction of sp³-hybridized carbons (Fsp3) is 0. The Kier molecular flexibility index (Phi) is 2.39. The van der Waals surface area contributed by atoms with Gasteiger partial charge in [-0.05, 0) is 61.6 Å². The minimum Gasteiger partial charge on any atom is -0.460 e. The van der Waals surface area contributed by atoms with Gasteiger partial charge in [0.05, 0.1) is 26.8 Å². The highest BCUT2D eigenvalue weighted by atomic mass is 16.4. The lowest BCUT2D eigenvalue weighted by molar-refractivity contribution is 0.600. The third-order valence-electron chi connectivity index (χ3n) is 7.23. The van der Waals surface area contributed by atoms with Crippen molar-refractivity contribution in [1.82, 2.24) is 0 Å². The van der Waals surface area contributed by atoms with Crippen LogP contribution in [0.3, 0.4) is 0 Å². The molecule has 0 aliphatic rings. The summed E-state index contributed by atoms with van der Waals surface area (Å²) in [6, 6.07) is 0.236. The molecule has 186 valence electrons. The molecule has 0 N–H and O–H groups in total. The molecule has 0 spiro atoms. The molecule has 2 aromatic heterocycles. The zero-order valence-electron chi connectivity index (χ0n) is 35.4. The van der Waals surface area contributed by atoms with Crippen molar-refractivity contribution in [3.8, 4) is 22.3 Å². The predicted molar refractivity (Wildman–Crippen MR) is 167 cm³/mol. The Morgan fingerprint density at radius 1 is 0.475 bits per heavy atom. The molecular weight excluding hydrogens is 488 g/mol. The molecule has 2 heteroatoms. The topological polar surface area (TPSA) is 26.3 Å². The van der Waals surface area contributed by atoms with E-state index in [9.17, 15) is 8.22 Å². The highest BCUT2D eigenvalue weighted by molar-refractivity contribution is 6.25. The van der Waals surface area contributed by atoms with Crippen LogP contribution in [0.4, 0.5) is 0 Å². The molecule has 0 saturated carbocycles. The van der Waals surface area contributed by atoms with Crippen molar-refractivity contribution in [2.45, 2.75) is 0 Å². The number of hydrogen-bond acceptors (Lipinski definition) is 2. The lowest BCUT2D eigenvalue weighted by Crippen LogP contribution is -1.91. The Bertz CT molecular complexity index is 3190. The van der Waals surface area contributed by atoms with Crippen molar-refractivity contribution in [2.75, 3.05) is 0 Å². The summed E-state index contributed by atoms with van der Waals surface area (Å²) in [6.07, 6.45) is 1.51. The molecule has 0 radical (unpaired) electrons. The van der Waals surface area contributed by atoms with Crippen molar-refractivity contribution in [3.05, 3.63) is 133 Å². The van der Waals surface area contributed by atoms with Crippen LogP contribution in [-0.2, 0) is 0 Å². The molecular formula is C38H22O2. The first-order chi connectivity index (χ1) is 26.1. The molecule has 0 fully saturated rings. The van der Waals surface area contributed by atoms with Crippen LogP contribution in [0, 0.1) is 0 Å². The maximum absolute atomic E-state index is 9.39. The summed E-state index contributed by atoms with van der Waals surface area (Å²) in [5.41, 5.74) is 0.298. The normalized spacial score (nSPS) is 17.2. The number of rotatable bonds is 2. The fourth-order valence-electron chi connectivity index (χ4n) is 5.53. The molecule has 0 atom stereocenters. The van der Waals surface area contributed by atoms with E-state index in [0.29, 0.717) is 21.9 Å². The third kappa shape index (κ3) is 2.93. The second kappa shape index (κ2) is 8.08. The summed E-state index contributed by atoms with van der Waals surface area (Å²) >= 11 is 0. The Morgan fingerprint density at radius 3 is 1.93 bits per heavy atom. The van der Waals surface area contributed by atoms with Gasteiger partial charge in [-0.1, -0.05) is 109 Å². The summed E-state index contributed by atoms with van der Waals surface area (Å²) in [4.78, 5) is 0. The Hall–Kier alpha value is -5.34. The Balaban J connectivity index is 1.61. The molecule has 0 saturated heterocycles. The molecule has 0 amide bonds. The molecule has 2 heterocycles. The molecule has 0 unspecified atom stereocenters. The van der Waals surface area contributed by atoms with E-state index < -0.39 is 107 Å². The van der Waals surface area contributed by atoms with E-state index in [1.54, 1.807) is 24.3 Å². The van der Waals surface area contributed by atoms with Gasteiger partial charge >= 0.3 is 0 Å². The Labute approximate surface area is 250 Å². The van der Waals surface area contributed by atoms with Crippen LogP contribution in [-0.4, -0.2) is 0 Å². The van der Waals surface area contributed by atoms with E-state index in [1.165, 1.54) is 6.26 Å². The van der Waals surface area contributed by atoms with Crippen LogP contribution in [0.25, 0.3) is 87.5 Å². The minimum absolute atomic E-state index is 0.0417. The van der Waals surface area contributed by atoms with Crippen molar-refractivity contribution < 1.29 is 29.4 Å². The van der Waals surface area contributed by atoms with Crippen molar-refractivity contribution in [2.24, 2.45) is 0 Å². The summed E-state index contributed by atoms with van der Waals surface area (Å²) in [5, 5.41) is -0.000293. The van der Waals surface area contributed by atoms with Gasteiger partial charge in [0.15, 0.2) is 11.2 Å². The van der Waals surface area contributed by atoms with E-state index in [4.69, 9.17) is 21.2 Å². The minimum atomic E-state index is -0.750. The first-order valence-corrected chi connectivity index (χ1v) is 12.4.